The second-order valence-corrected chi connectivity index (χ2v) is 16.3. The molecule has 2 N–H and O–H groups in total. The average Bonchev–Trinajstić information content (AvgIpc) is 3.28. The number of carbonyl (C=O) groups is 3. The molecule has 4 aromatic rings. The van der Waals surface area contributed by atoms with E-state index in [0.29, 0.717) is 68.8 Å². The molecule has 0 amide bonds. The first kappa shape index (κ1) is 40.9. The van der Waals surface area contributed by atoms with E-state index < -0.39 is 17.4 Å². The van der Waals surface area contributed by atoms with Gasteiger partial charge in [0.25, 0.3) is 0 Å². The number of nitrogens with one attached hydrogen (secondary N) is 2. The highest BCUT2D eigenvalue weighted by atomic mass is 19.1. The summed E-state index contributed by atoms with van der Waals surface area (Å²) in [6, 6.07) is 16.3. The summed E-state index contributed by atoms with van der Waals surface area (Å²) in [7, 11) is 3.81. The van der Waals surface area contributed by atoms with Crippen LogP contribution in [0.15, 0.2) is 119 Å². The monoisotopic (exact) mass is 808 g/mol. The van der Waals surface area contributed by atoms with E-state index in [4.69, 9.17) is 0 Å². The number of rotatable bonds is 10. The third-order valence-corrected chi connectivity index (χ3v) is 12.5. The van der Waals surface area contributed by atoms with Crippen LogP contribution in [0.5, 0.6) is 0 Å². The summed E-state index contributed by atoms with van der Waals surface area (Å²) in [4.78, 5) is 59.1. The fourth-order valence-electron chi connectivity index (χ4n) is 9.59. The lowest BCUT2D eigenvalue weighted by molar-refractivity contribution is -0.111. The fraction of sp³-hybridized carbons (Fsp3) is 0.327. The van der Waals surface area contributed by atoms with Crippen molar-refractivity contribution in [2.24, 2.45) is 11.8 Å². The molecule has 60 heavy (non-hydrogen) atoms. The lowest BCUT2D eigenvalue weighted by Crippen LogP contribution is -2.43. The first-order chi connectivity index (χ1) is 29.1. The Labute approximate surface area is 350 Å². The predicted molar refractivity (Wildman–Crippen MR) is 229 cm³/mol. The third kappa shape index (κ3) is 7.56. The van der Waals surface area contributed by atoms with Crippen LogP contribution < -0.4 is 10.6 Å². The Balaban J connectivity index is 1.51. The highest BCUT2D eigenvalue weighted by molar-refractivity contribution is 6.31. The summed E-state index contributed by atoms with van der Waals surface area (Å²) >= 11 is 0. The van der Waals surface area contributed by atoms with Crippen molar-refractivity contribution in [2.75, 3.05) is 53.4 Å². The summed E-state index contributed by atoms with van der Waals surface area (Å²) in [5, 5.41) is 7.06. The predicted octanol–water partition coefficient (Wildman–Crippen LogP) is 7.31. The van der Waals surface area contributed by atoms with E-state index in [1.165, 1.54) is 24.5 Å². The van der Waals surface area contributed by atoms with Crippen LogP contribution in [0.2, 0.25) is 0 Å². The molecule has 6 heterocycles. The molecule has 4 aliphatic rings. The van der Waals surface area contributed by atoms with Crippen LogP contribution in [-0.2, 0) is 4.79 Å². The zero-order valence-corrected chi connectivity index (χ0v) is 34.6. The summed E-state index contributed by atoms with van der Waals surface area (Å²) in [5.74, 6) is -2.26. The summed E-state index contributed by atoms with van der Waals surface area (Å²) < 4.78 is 31.7. The minimum absolute atomic E-state index is 0.136. The Morgan fingerprint density at radius 1 is 0.617 bits per heavy atom. The fourth-order valence-corrected chi connectivity index (χ4v) is 9.59. The van der Waals surface area contributed by atoms with Gasteiger partial charge in [0.1, 0.15) is 11.6 Å². The van der Waals surface area contributed by atoms with E-state index in [9.17, 15) is 9.59 Å². The van der Waals surface area contributed by atoms with E-state index in [1.807, 2.05) is 23.9 Å². The van der Waals surface area contributed by atoms with Crippen LogP contribution >= 0.6 is 0 Å². The maximum absolute atomic E-state index is 16.8. The molecule has 0 bridgehead atoms. The number of nitrogens with zero attached hydrogens (tertiary/aromatic N) is 4. The zero-order valence-electron chi connectivity index (χ0n) is 34.6. The van der Waals surface area contributed by atoms with E-state index in [2.05, 4.69) is 20.6 Å². The summed E-state index contributed by atoms with van der Waals surface area (Å²) in [6.45, 7) is 6.50. The number of pyridine rings is 2. The number of likely N-dealkylation sites (N-methyl/N-ethyl adjacent to an activating group) is 2. The van der Waals surface area contributed by atoms with Crippen molar-refractivity contribution < 1.29 is 23.2 Å². The van der Waals surface area contributed by atoms with Gasteiger partial charge in [-0.05, 0) is 111 Å². The number of hydrogen-bond acceptors (Lipinski definition) is 9. The number of benzene rings is 2. The van der Waals surface area contributed by atoms with Gasteiger partial charge < -0.3 is 20.4 Å². The second-order valence-electron chi connectivity index (χ2n) is 16.3. The van der Waals surface area contributed by atoms with Gasteiger partial charge in [-0.1, -0.05) is 24.3 Å². The number of Topliss-reactive ketones (excluding diaryl/α,β-unsaturated/α-hetero) is 3. The van der Waals surface area contributed by atoms with Gasteiger partial charge in [0.2, 0.25) is 0 Å². The lowest BCUT2D eigenvalue weighted by Gasteiger charge is -2.42. The van der Waals surface area contributed by atoms with Gasteiger partial charge in [-0.2, -0.15) is 0 Å². The molecule has 11 heteroatoms. The normalized spacial score (nSPS) is 20.2. The minimum atomic E-state index is -0.467. The molecule has 9 nitrogen and oxygen atoms in total. The van der Waals surface area contributed by atoms with Gasteiger partial charge in [0.05, 0.1) is 11.1 Å². The largest absolute Gasteiger partial charge is 0.373 e. The SMILES string of the molecule is Cc1c(F)cccc1C1=C(C(=O)c2cccnc2)CN(C)C(C2CCCNC2)=C1C(=O)C1=C(C2CCCNC2)N(C)CC(C(=O)c2cccnc2)=C1c1cccc(F)c1C. The molecule has 8 rings (SSSR count). The van der Waals surface area contributed by atoms with Crippen molar-refractivity contribution in [1.29, 1.82) is 0 Å². The molecule has 308 valence electrons. The van der Waals surface area contributed by atoms with Gasteiger partial charge in [-0.25, -0.2) is 8.78 Å². The van der Waals surface area contributed by atoms with Crippen LogP contribution in [0.1, 0.15) is 68.7 Å². The van der Waals surface area contributed by atoms with Gasteiger partial charge in [-0.3, -0.25) is 24.4 Å². The van der Waals surface area contributed by atoms with Crippen LogP contribution in [0.4, 0.5) is 8.78 Å². The van der Waals surface area contributed by atoms with E-state index in [1.54, 1.807) is 74.8 Å². The molecule has 2 unspecified atom stereocenters. The standard InChI is InChI=1S/C49H50F2N6O3/c1-29-35(15-5-17-39(29)50)41-37(47(58)33-13-9-21-54-25-33)27-56(3)45(31-11-7-19-52-23-31)43(41)49(60)44-42(36-16-6-18-40(51)30(36)2)38(48(59)34-14-10-22-55-26-34)28-57(4)46(44)32-12-8-20-53-24-32/h5-6,9-10,13-18,21-22,25-26,31-32,52-53H,7-8,11-12,19-20,23-24,27-28H2,1-4H3. The quantitative estimate of drug-likeness (QED) is 0.160. The van der Waals surface area contributed by atoms with Crippen molar-refractivity contribution >= 4 is 28.5 Å². The number of aromatic nitrogens is 2. The zero-order chi connectivity index (χ0) is 42.1. The number of ketones is 3. The van der Waals surface area contributed by atoms with Crippen molar-refractivity contribution in [1.82, 2.24) is 30.4 Å². The van der Waals surface area contributed by atoms with Gasteiger partial charge in [-0.15, -0.1) is 0 Å². The Morgan fingerprint density at radius 2 is 1.05 bits per heavy atom. The first-order valence-corrected chi connectivity index (χ1v) is 20.8. The molecule has 2 saturated heterocycles. The number of allylic oxidation sites excluding steroid dienone is 4. The summed E-state index contributed by atoms with van der Waals surface area (Å²) in [5.41, 5.74) is 5.59. The molecule has 0 radical (unpaired) electrons. The smallest absolute Gasteiger partial charge is 0.197 e. The van der Waals surface area contributed by atoms with Crippen molar-refractivity contribution in [3.05, 3.63) is 164 Å². The van der Waals surface area contributed by atoms with E-state index in [-0.39, 0.29) is 47.6 Å². The number of piperidine rings is 2. The summed E-state index contributed by atoms with van der Waals surface area (Å²) in [6.07, 6.45) is 9.49. The van der Waals surface area contributed by atoms with Gasteiger partial charge >= 0.3 is 0 Å². The number of halogens is 2. The topological polar surface area (TPSA) is 108 Å². The number of carbonyl (C=O) groups excluding carboxylic acids is 3. The minimum Gasteiger partial charge on any atom is -0.373 e. The molecule has 2 atom stereocenters. The highest BCUT2D eigenvalue weighted by Gasteiger charge is 2.43. The average molecular weight is 809 g/mol. The molecule has 4 aliphatic heterocycles. The Kier molecular flexibility index (Phi) is 11.8. The number of hydrogen-bond donors (Lipinski definition) is 2. The molecule has 0 saturated carbocycles. The molecular weight excluding hydrogens is 759 g/mol. The van der Waals surface area contributed by atoms with Crippen molar-refractivity contribution in [2.45, 2.75) is 39.5 Å². The molecule has 0 aliphatic carbocycles. The Morgan fingerprint density at radius 3 is 1.42 bits per heavy atom. The molecule has 2 aromatic heterocycles. The van der Waals surface area contributed by atoms with E-state index in [0.717, 1.165) is 50.2 Å². The second kappa shape index (κ2) is 17.4. The van der Waals surface area contributed by atoms with Gasteiger partial charge in [0.15, 0.2) is 17.3 Å². The van der Waals surface area contributed by atoms with Crippen molar-refractivity contribution in [3.8, 4) is 0 Å². The maximum Gasteiger partial charge on any atom is 0.197 e. The molecule has 0 spiro atoms. The van der Waals surface area contributed by atoms with Crippen LogP contribution in [-0.4, -0.2) is 90.5 Å². The van der Waals surface area contributed by atoms with Crippen molar-refractivity contribution in [3.63, 3.8) is 0 Å². The Hall–Kier alpha value is -5.91. The molecule has 2 aromatic carbocycles. The third-order valence-electron chi connectivity index (χ3n) is 12.5. The maximum atomic E-state index is 16.8. The molecule has 2 fully saturated rings. The van der Waals surface area contributed by atoms with Crippen LogP contribution in [0.3, 0.4) is 0 Å². The van der Waals surface area contributed by atoms with Crippen LogP contribution in [0, 0.1) is 37.3 Å². The Bertz CT molecular complexity index is 2310. The highest BCUT2D eigenvalue weighted by Crippen LogP contribution is 2.48. The first-order valence-electron chi connectivity index (χ1n) is 20.8. The lowest BCUT2D eigenvalue weighted by atomic mass is 9.73. The molecular formula is C49H50F2N6O3. The van der Waals surface area contributed by atoms with Crippen LogP contribution in [0.25, 0.3) is 11.1 Å². The van der Waals surface area contributed by atoms with Gasteiger partial charge in [0, 0.05) is 122 Å². The van der Waals surface area contributed by atoms with E-state index >= 15 is 13.6 Å².